The van der Waals surface area contributed by atoms with Gasteiger partial charge in [-0.1, -0.05) is 6.07 Å². The number of benzene rings is 3. The Hall–Kier alpha value is -4.22. The van der Waals surface area contributed by atoms with E-state index in [0.29, 0.717) is 27.9 Å². The normalized spacial score (nSPS) is 11.8. The fourth-order valence-corrected chi connectivity index (χ4v) is 7.35. The number of hydrogen-bond acceptors (Lipinski definition) is 7. The van der Waals surface area contributed by atoms with E-state index in [4.69, 9.17) is 10.8 Å². The van der Waals surface area contributed by atoms with Gasteiger partial charge in [-0.2, -0.15) is 8.42 Å². The average Bonchev–Trinajstić information content (AvgIpc) is 3.03. The monoisotopic (exact) mass is 667 g/mol. The highest BCUT2D eigenvalue weighted by atomic mass is 32.2. The molecule has 46 heavy (non-hydrogen) atoms. The van der Waals surface area contributed by atoms with Crippen LogP contribution < -0.4 is 24.9 Å². The van der Waals surface area contributed by atoms with E-state index in [9.17, 15) is 26.2 Å². The van der Waals surface area contributed by atoms with Gasteiger partial charge in [-0.05, 0) is 70.4 Å². The van der Waals surface area contributed by atoms with Crippen LogP contribution in [0.3, 0.4) is 0 Å². The molecule has 2 aromatic rings. The molecular weight excluding hydrogens is 629 g/mol. The van der Waals surface area contributed by atoms with Crippen molar-refractivity contribution in [2.24, 2.45) is 0 Å². The van der Waals surface area contributed by atoms with Crippen LogP contribution in [0.5, 0.6) is 0 Å². The predicted octanol–water partition coefficient (Wildman–Crippen LogP) is 3.53. The van der Waals surface area contributed by atoms with Crippen LogP contribution in [0.4, 0.5) is 5.69 Å². The first-order valence-corrected chi connectivity index (χ1v) is 18.0. The molecule has 4 rings (SSSR count). The number of rotatable bonds is 13. The van der Waals surface area contributed by atoms with Crippen LogP contribution in [-0.4, -0.2) is 66.6 Å². The first-order valence-electron chi connectivity index (χ1n) is 15.1. The lowest BCUT2D eigenvalue weighted by Gasteiger charge is -2.22. The van der Waals surface area contributed by atoms with E-state index in [1.165, 1.54) is 12.1 Å². The highest BCUT2D eigenvalue weighted by Crippen LogP contribution is 2.43. The van der Waals surface area contributed by atoms with E-state index in [1.54, 1.807) is 0 Å². The summed E-state index contributed by atoms with van der Waals surface area (Å²) in [4.78, 5) is 12.5. The van der Waals surface area contributed by atoms with Crippen molar-refractivity contribution < 1.29 is 30.6 Å². The van der Waals surface area contributed by atoms with E-state index in [0.717, 1.165) is 43.3 Å². The third kappa shape index (κ3) is 7.42. The van der Waals surface area contributed by atoms with Crippen molar-refractivity contribution in [3.05, 3.63) is 60.0 Å². The van der Waals surface area contributed by atoms with E-state index >= 15 is 0 Å². The van der Waals surface area contributed by atoms with Crippen LogP contribution in [-0.2, 0) is 24.9 Å². The van der Waals surface area contributed by atoms with E-state index in [-0.39, 0.29) is 30.0 Å². The van der Waals surface area contributed by atoms with Gasteiger partial charge < -0.3 is 14.6 Å². The van der Waals surface area contributed by atoms with Gasteiger partial charge in [0, 0.05) is 66.1 Å². The topological polar surface area (TPSA) is 149 Å². The molecule has 0 saturated heterocycles. The van der Waals surface area contributed by atoms with Gasteiger partial charge in [0.2, 0.25) is 15.4 Å². The van der Waals surface area contributed by atoms with Crippen molar-refractivity contribution in [3.8, 4) is 34.8 Å². The van der Waals surface area contributed by atoms with Gasteiger partial charge in [-0.25, -0.2) is 17.7 Å². The van der Waals surface area contributed by atoms with Crippen molar-refractivity contribution >= 4 is 42.7 Å². The lowest BCUT2D eigenvalue weighted by molar-refractivity contribution is -0.115. The summed E-state index contributed by atoms with van der Waals surface area (Å²) in [6, 6.07) is 15.0. The number of hydrogen-bond donors (Lipinski definition) is 3. The summed E-state index contributed by atoms with van der Waals surface area (Å²) in [6.07, 6.45) is 5.25. The van der Waals surface area contributed by atoms with Gasteiger partial charge >= 0.3 is 0 Å². The molecule has 1 aliphatic heterocycles. The van der Waals surface area contributed by atoms with Crippen LogP contribution in [0.25, 0.3) is 33.4 Å². The molecule has 11 nitrogen and oxygen atoms in total. The van der Waals surface area contributed by atoms with Crippen LogP contribution in [0, 0.1) is 12.3 Å². The molecule has 2 aliphatic rings. The number of sulfonamides is 1. The summed E-state index contributed by atoms with van der Waals surface area (Å²) >= 11 is 0. The summed E-state index contributed by atoms with van der Waals surface area (Å²) in [5.41, 5.74) is 2.61. The zero-order valence-corrected chi connectivity index (χ0v) is 28.0. The Labute approximate surface area is 270 Å². The molecule has 0 aromatic heterocycles. The number of fused-ring (bicyclic) bond motifs is 2. The van der Waals surface area contributed by atoms with Gasteiger partial charge in [0.05, 0.1) is 11.0 Å². The van der Waals surface area contributed by atoms with Crippen LogP contribution in [0.15, 0.2) is 68.8 Å². The molecule has 2 aromatic carbocycles. The molecule has 0 atom stereocenters. The summed E-state index contributed by atoms with van der Waals surface area (Å²) in [5.74, 6) is 1.79. The summed E-state index contributed by atoms with van der Waals surface area (Å²) in [5, 5.41) is 3.95. The standard InChI is InChI=1S/C33H38N4O7S2/c1-6-32(38)34-18-11-19-35-45(39,40)25-14-17-28(31(22-25)46(41,42)43)33-26-15-12-23(36(7-2)8-3)20-29(26)44-30-21-24(13-16-27(30)33)37(9-4)10-5/h1,12-17,20-22,35H,7-11,18-19H2,2-5H3,(H-,34,38,41,42,43)/p+1. The van der Waals surface area contributed by atoms with Crippen molar-refractivity contribution in [1.29, 1.82) is 0 Å². The molecule has 0 fully saturated rings. The Morgan fingerprint density at radius 1 is 0.935 bits per heavy atom. The highest BCUT2D eigenvalue weighted by Gasteiger charge is 2.27. The van der Waals surface area contributed by atoms with Gasteiger partial charge in [0.1, 0.15) is 29.3 Å². The van der Waals surface area contributed by atoms with Crippen LogP contribution in [0.2, 0.25) is 0 Å². The number of carbonyl (C=O) groups is 1. The zero-order valence-electron chi connectivity index (χ0n) is 26.3. The summed E-state index contributed by atoms with van der Waals surface area (Å²) in [7, 11) is -9.09. The number of amides is 1. The Morgan fingerprint density at radius 2 is 1.63 bits per heavy atom. The average molecular weight is 668 g/mol. The molecule has 244 valence electrons. The zero-order chi connectivity index (χ0) is 33.6. The van der Waals surface area contributed by atoms with Crippen LogP contribution in [0.1, 0.15) is 34.1 Å². The van der Waals surface area contributed by atoms with Crippen molar-refractivity contribution in [1.82, 2.24) is 14.6 Å². The molecule has 1 amide bonds. The van der Waals surface area contributed by atoms with E-state index in [1.807, 2.05) is 70.0 Å². The first-order chi connectivity index (χ1) is 21.9. The van der Waals surface area contributed by atoms with Crippen molar-refractivity contribution in [2.75, 3.05) is 44.2 Å². The number of terminal acetylenes is 1. The fourth-order valence-electron chi connectivity index (χ4n) is 5.45. The molecule has 1 heterocycles. The minimum Gasteiger partial charge on any atom is -0.456 e. The molecular formula is C33H39N4O7S2+. The van der Waals surface area contributed by atoms with Gasteiger partial charge in [0.15, 0.2) is 0 Å². The number of anilines is 1. The van der Waals surface area contributed by atoms with Gasteiger partial charge in [0.25, 0.3) is 16.0 Å². The first kappa shape index (κ1) is 34.6. The maximum atomic E-state index is 13.1. The molecule has 0 saturated carbocycles. The largest absolute Gasteiger partial charge is 0.456 e. The van der Waals surface area contributed by atoms with Crippen LogP contribution >= 0.6 is 0 Å². The molecule has 0 bridgehead atoms. The Morgan fingerprint density at radius 3 is 2.26 bits per heavy atom. The Bertz CT molecular complexity index is 2050. The van der Waals surface area contributed by atoms with E-state index in [2.05, 4.69) is 19.5 Å². The maximum Gasteiger partial charge on any atom is 0.295 e. The lowest BCUT2D eigenvalue weighted by Crippen LogP contribution is -2.29. The second-order valence-electron chi connectivity index (χ2n) is 10.5. The molecule has 3 N–H and O–H groups in total. The Balaban J connectivity index is 1.93. The minimum atomic E-state index is -4.91. The maximum absolute atomic E-state index is 13.1. The van der Waals surface area contributed by atoms with Gasteiger partial charge in [-0.15, -0.1) is 6.42 Å². The summed E-state index contributed by atoms with van der Waals surface area (Å²) in [6.45, 7) is 11.4. The fraction of sp³-hybridized carbons (Fsp3) is 0.333. The quantitative estimate of drug-likeness (QED) is 0.0645. The smallest absolute Gasteiger partial charge is 0.295 e. The predicted molar refractivity (Wildman–Crippen MR) is 180 cm³/mol. The third-order valence-corrected chi connectivity index (χ3v) is 10.2. The highest BCUT2D eigenvalue weighted by molar-refractivity contribution is 7.89. The Kier molecular flexibility index (Phi) is 10.9. The minimum absolute atomic E-state index is 0.0463. The van der Waals surface area contributed by atoms with E-state index < -0.39 is 30.9 Å². The number of carbonyl (C=O) groups excluding carboxylic acids is 1. The lowest BCUT2D eigenvalue weighted by atomic mass is 9.93. The second kappa shape index (κ2) is 14.5. The molecule has 0 unspecified atom stereocenters. The third-order valence-electron chi connectivity index (χ3n) is 7.82. The molecule has 13 heteroatoms. The molecule has 0 radical (unpaired) electrons. The molecule has 1 aliphatic carbocycles. The molecule has 0 spiro atoms. The number of nitrogens with one attached hydrogen (secondary N) is 2. The van der Waals surface area contributed by atoms with Crippen molar-refractivity contribution in [3.63, 3.8) is 0 Å². The summed E-state index contributed by atoms with van der Waals surface area (Å²) < 4.78 is 73.4. The SMILES string of the molecule is C#CC(=O)NCCCNS(=O)(=O)c1ccc(-c2c3ccc(=[N+](CC)CC)cc-3oc3cc(N(CC)CC)ccc23)c(S(=O)(=O)O)c1. The number of nitrogens with zero attached hydrogens (tertiary/aromatic N) is 2. The second-order valence-corrected chi connectivity index (χ2v) is 13.6. The van der Waals surface area contributed by atoms with Crippen molar-refractivity contribution in [2.45, 2.75) is 43.9 Å². The van der Waals surface area contributed by atoms with Gasteiger partial charge in [-0.3, -0.25) is 9.35 Å².